The number of rotatable bonds is 2. The SMILES string of the molecule is Cc1nc2ccc(-c3ccc4c(c3)CN(C(=O)N3CCCCC3c3ccc(F)c(F)c3)CCO4)cc2[nH]1. The van der Waals surface area contributed by atoms with Gasteiger partial charge in [0.05, 0.1) is 30.2 Å². The largest absolute Gasteiger partial charge is 0.491 e. The summed E-state index contributed by atoms with van der Waals surface area (Å²) in [7, 11) is 0. The Labute approximate surface area is 213 Å². The molecule has 3 heterocycles. The van der Waals surface area contributed by atoms with Crippen molar-refractivity contribution in [1.29, 1.82) is 0 Å². The van der Waals surface area contributed by atoms with E-state index < -0.39 is 11.6 Å². The average molecular weight is 503 g/mol. The van der Waals surface area contributed by atoms with Gasteiger partial charge in [-0.2, -0.15) is 0 Å². The number of ether oxygens (including phenoxy) is 1. The van der Waals surface area contributed by atoms with Crippen LogP contribution in [0.4, 0.5) is 13.6 Å². The lowest BCUT2D eigenvalue weighted by molar-refractivity contribution is 0.110. The lowest BCUT2D eigenvalue weighted by Gasteiger charge is -2.39. The molecule has 1 fully saturated rings. The summed E-state index contributed by atoms with van der Waals surface area (Å²) in [5.74, 6) is -0.121. The fourth-order valence-electron chi connectivity index (χ4n) is 5.46. The van der Waals surface area contributed by atoms with Crippen LogP contribution in [-0.4, -0.2) is 45.5 Å². The zero-order valence-corrected chi connectivity index (χ0v) is 20.6. The molecule has 190 valence electrons. The number of H-pyrrole nitrogens is 1. The number of imidazole rings is 1. The third kappa shape index (κ3) is 4.52. The summed E-state index contributed by atoms with van der Waals surface area (Å²) in [5.41, 5.74) is 5.55. The van der Waals surface area contributed by atoms with Gasteiger partial charge < -0.3 is 19.5 Å². The molecular formula is C29H28F2N4O2. The van der Waals surface area contributed by atoms with E-state index in [0.717, 1.165) is 64.6 Å². The maximum Gasteiger partial charge on any atom is 0.320 e. The van der Waals surface area contributed by atoms with Crippen LogP contribution in [0.2, 0.25) is 0 Å². The van der Waals surface area contributed by atoms with E-state index in [1.54, 1.807) is 15.9 Å². The number of likely N-dealkylation sites (tertiary alicyclic amines) is 1. The molecule has 1 unspecified atom stereocenters. The summed E-state index contributed by atoms with van der Waals surface area (Å²) in [6, 6.07) is 15.8. The van der Waals surface area contributed by atoms with Crippen LogP contribution in [-0.2, 0) is 6.54 Å². The van der Waals surface area contributed by atoms with Gasteiger partial charge in [-0.1, -0.05) is 18.2 Å². The summed E-state index contributed by atoms with van der Waals surface area (Å²) in [5, 5.41) is 0. The van der Waals surface area contributed by atoms with Gasteiger partial charge in [-0.25, -0.2) is 18.6 Å². The Kier molecular flexibility index (Phi) is 6.02. The second kappa shape index (κ2) is 9.50. The molecule has 4 aromatic rings. The van der Waals surface area contributed by atoms with Crippen molar-refractivity contribution < 1.29 is 18.3 Å². The monoisotopic (exact) mass is 502 g/mol. The van der Waals surface area contributed by atoms with E-state index in [1.165, 1.54) is 6.07 Å². The predicted molar refractivity (Wildman–Crippen MR) is 137 cm³/mol. The second-order valence-corrected chi connectivity index (χ2v) is 9.81. The number of urea groups is 1. The summed E-state index contributed by atoms with van der Waals surface area (Å²) in [4.78, 5) is 25.1. The Hall–Kier alpha value is -3.94. The second-order valence-electron chi connectivity index (χ2n) is 9.81. The Morgan fingerprint density at radius 2 is 1.84 bits per heavy atom. The summed E-state index contributed by atoms with van der Waals surface area (Å²) < 4.78 is 33.5. The molecular weight excluding hydrogens is 474 g/mol. The van der Waals surface area contributed by atoms with E-state index in [2.05, 4.69) is 22.1 Å². The lowest BCUT2D eigenvalue weighted by atomic mass is 9.95. The number of aryl methyl sites for hydroxylation is 1. The highest BCUT2D eigenvalue weighted by molar-refractivity contribution is 5.82. The van der Waals surface area contributed by atoms with Crippen LogP contribution < -0.4 is 4.74 Å². The third-order valence-electron chi connectivity index (χ3n) is 7.32. The number of nitrogens with one attached hydrogen (secondary N) is 1. The predicted octanol–water partition coefficient (Wildman–Crippen LogP) is 6.36. The van der Waals surface area contributed by atoms with Crippen molar-refractivity contribution in [3.8, 4) is 16.9 Å². The number of fused-ring (bicyclic) bond motifs is 2. The van der Waals surface area contributed by atoms with Gasteiger partial charge in [0.25, 0.3) is 0 Å². The molecule has 2 aliphatic heterocycles. The number of halogens is 2. The van der Waals surface area contributed by atoms with E-state index in [-0.39, 0.29) is 12.1 Å². The van der Waals surface area contributed by atoms with Gasteiger partial charge in [-0.05, 0) is 79.3 Å². The van der Waals surface area contributed by atoms with Crippen molar-refractivity contribution in [3.05, 3.63) is 83.2 Å². The van der Waals surface area contributed by atoms with Gasteiger partial charge in [0.2, 0.25) is 0 Å². The van der Waals surface area contributed by atoms with E-state index in [1.807, 2.05) is 31.2 Å². The van der Waals surface area contributed by atoms with Gasteiger partial charge in [0.15, 0.2) is 11.6 Å². The molecule has 0 saturated carbocycles. The molecule has 2 aliphatic rings. The molecule has 0 spiro atoms. The normalized spacial score (nSPS) is 17.9. The number of carbonyl (C=O) groups is 1. The van der Waals surface area contributed by atoms with Crippen LogP contribution in [0.15, 0.2) is 54.6 Å². The van der Waals surface area contributed by atoms with Crippen molar-refractivity contribution in [2.24, 2.45) is 0 Å². The lowest BCUT2D eigenvalue weighted by Crippen LogP contribution is -2.47. The number of amides is 2. The first-order chi connectivity index (χ1) is 18.0. The number of benzene rings is 3. The molecule has 1 saturated heterocycles. The molecule has 0 bridgehead atoms. The first-order valence-corrected chi connectivity index (χ1v) is 12.7. The highest BCUT2D eigenvalue weighted by Crippen LogP contribution is 2.35. The van der Waals surface area contributed by atoms with Gasteiger partial charge in [0.1, 0.15) is 18.2 Å². The zero-order valence-electron chi connectivity index (χ0n) is 20.6. The fraction of sp³-hybridized carbons (Fsp3) is 0.310. The Morgan fingerprint density at radius 3 is 2.70 bits per heavy atom. The van der Waals surface area contributed by atoms with Crippen molar-refractivity contribution in [2.45, 2.75) is 38.8 Å². The van der Waals surface area contributed by atoms with Gasteiger partial charge in [-0.15, -0.1) is 0 Å². The molecule has 1 aromatic heterocycles. The van der Waals surface area contributed by atoms with E-state index in [0.29, 0.717) is 31.8 Å². The van der Waals surface area contributed by atoms with Crippen LogP contribution >= 0.6 is 0 Å². The Balaban J connectivity index is 1.27. The summed E-state index contributed by atoms with van der Waals surface area (Å²) in [6.45, 7) is 3.76. The van der Waals surface area contributed by atoms with Crippen LogP contribution in [0.25, 0.3) is 22.2 Å². The standard InChI is InChI=1S/C29H28F2N4O2/c1-18-32-25-9-6-20(16-26(25)33-18)19-7-10-28-22(14-19)17-34(12-13-37-28)29(36)35-11-3-2-4-27(35)21-5-8-23(30)24(31)15-21/h5-10,14-16,27H,2-4,11-13,17H2,1H3,(H,32,33). The minimum atomic E-state index is -0.886. The fourth-order valence-corrected chi connectivity index (χ4v) is 5.46. The number of piperidine rings is 1. The van der Waals surface area contributed by atoms with Crippen LogP contribution in [0, 0.1) is 18.6 Å². The quantitative estimate of drug-likeness (QED) is 0.347. The molecule has 0 aliphatic carbocycles. The van der Waals surface area contributed by atoms with E-state index in [4.69, 9.17) is 4.74 Å². The molecule has 2 amide bonds. The van der Waals surface area contributed by atoms with Gasteiger partial charge >= 0.3 is 6.03 Å². The first kappa shape index (κ1) is 23.5. The van der Waals surface area contributed by atoms with E-state index in [9.17, 15) is 13.6 Å². The average Bonchev–Trinajstić information content (AvgIpc) is 3.15. The highest BCUT2D eigenvalue weighted by atomic mass is 19.2. The first-order valence-electron chi connectivity index (χ1n) is 12.7. The highest BCUT2D eigenvalue weighted by Gasteiger charge is 2.32. The van der Waals surface area contributed by atoms with Crippen LogP contribution in [0.3, 0.4) is 0 Å². The number of carbonyl (C=O) groups excluding carboxylic acids is 1. The summed E-state index contributed by atoms with van der Waals surface area (Å²) in [6.07, 6.45) is 2.53. The van der Waals surface area contributed by atoms with Crippen molar-refractivity contribution >= 4 is 17.1 Å². The number of hydrogen-bond donors (Lipinski definition) is 1. The van der Waals surface area contributed by atoms with Crippen molar-refractivity contribution in [2.75, 3.05) is 19.7 Å². The van der Waals surface area contributed by atoms with Crippen molar-refractivity contribution in [3.63, 3.8) is 0 Å². The maximum atomic E-state index is 14.0. The maximum absolute atomic E-state index is 14.0. The number of aromatic nitrogens is 2. The molecule has 37 heavy (non-hydrogen) atoms. The molecule has 1 N–H and O–H groups in total. The van der Waals surface area contributed by atoms with Crippen molar-refractivity contribution in [1.82, 2.24) is 19.8 Å². The Bertz CT molecular complexity index is 1480. The summed E-state index contributed by atoms with van der Waals surface area (Å²) >= 11 is 0. The zero-order chi connectivity index (χ0) is 25.5. The minimum Gasteiger partial charge on any atom is -0.491 e. The third-order valence-corrected chi connectivity index (χ3v) is 7.32. The molecule has 8 heteroatoms. The Morgan fingerprint density at radius 1 is 1.00 bits per heavy atom. The number of nitrogens with zero attached hydrogens (tertiary/aromatic N) is 3. The number of aromatic amines is 1. The minimum absolute atomic E-state index is 0.106. The molecule has 3 aromatic carbocycles. The molecule has 0 radical (unpaired) electrons. The smallest absolute Gasteiger partial charge is 0.320 e. The van der Waals surface area contributed by atoms with Gasteiger partial charge in [-0.3, -0.25) is 0 Å². The van der Waals surface area contributed by atoms with Gasteiger partial charge in [0, 0.05) is 12.1 Å². The van der Waals surface area contributed by atoms with Crippen LogP contribution in [0.1, 0.15) is 42.3 Å². The van der Waals surface area contributed by atoms with Crippen LogP contribution in [0.5, 0.6) is 5.75 Å². The molecule has 6 nitrogen and oxygen atoms in total. The van der Waals surface area contributed by atoms with E-state index >= 15 is 0 Å². The number of hydrogen-bond acceptors (Lipinski definition) is 3. The molecule has 6 rings (SSSR count). The molecule has 1 atom stereocenters. The topological polar surface area (TPSA) is 61.5 Å².